The molecule has 0 rings (SSSR count). The van der Waals surface area contributed by atoms with Gasteiger partial charge in [-0.1, -0.05) is 13.3 Å². The highest BCUT2D eigenvalue weighted by molar-refractivity contribution is 7.51. The van der Waals surface area contributed by atoms with Gasteiger partial charge in [0.15, 0.2) is 0 Å². The van der Waals surface area contributed by atoms with Crippen LogP contribution in [-0.2, 0) is 9.13 Å². The molecule has 0 aromatic rings. The van der Waals surface area contributed by atoms with Gasteiger partial charge < -0.3 is 9.79 Å². The number of hydrogen-bond donors (Lipinski definition) is 4. The summed E-state index contributed by atoms with van der Waals surface area (Å²) in [4.78, 5) is 30.8. The Bertz CT molecular complexity index is 159. The first-order valence-electron chi connectivity index (χ1n) is 3.19. The van der Waals surface area contributed by atoms with Crippen molar-refractivity contribution in [3.63, 3.8) is 0 Å². The van der Waals surface area contributed by atoms with Crippen LogP contribution in [0.2, 0.25) is 0 Å². The maximum Gasteiger partial charge on any atom is 0.692 e. The molecule has 0 aliphatic rings. The van der Waals surface area contributed by atoms with Crippen molar-refractivity contribution >= 4 is 15.9 Å². The molecule has 0 saturated carbocycles. The van der Waals surface area contributed by atoms with Crippen molar-refractivity contribution in [1.29, 1.82) is 0 Å². The van der Waals surface area contributed by atoms with E-state index in [-0.39, 0.29) is 6.16 Å². The lowest BCUT2D eigenvalue weighted by atomic mass is 10.4. The van der Waals surface area contributed by atoms with E-state index in [1.807, 2.05) is 6.92 Å². The summed E-state index contributed by atoms with van der Waals surface area (Å²) in [5.41, 5.74) is 0. The van der Waals surface area contributed by atoms with Gasteiger partial charge in [-0.15, -0.1) is 9.79 Å². The lowest BCUT2D eigenvalue weighted by Gasteiger charge is -1.98. The fraction of sp³-hybridized carbons (Fsp3) is 1.00. The summed E-state index contributed by atoms with van der Waals surface area (Å²) in [6, 6.07) is 0. The molecule has 0 aliphatic heterocycles. The van der Waals surface area contributed by atoms with Crippen LogP contribution in [0, 0.1) is 0 Å². The maximum atomic E-state index is 10.1. The van der Waals surface area contributed by atoms with Gasteiger partial charge in [-0.05, 0) is 6.42 Å². The second kappa shape index (κ2) is 7.80. The number of unbranched alkanes of at least 4 members (excludes halogenated alkanes) is 1. The van der Waals surface area contributed by atoms with E-state index in [1.54, 1.807) is 0 Å². The lowest BCUT2D eigenvalue weighted by molar-refractivity contribution is 0.371. The fourth-order valence-corrected chi connectivity index (χ4v) is 1.09. The quantitative estimate of drug-likeness (QED) is 0.516. The van der Waals surface area contributed by atoms with E-state index in [0.717, 1.165) is 6.42 Å². The highest BCUT2D eigenvalue weighted by atomic mass is 31.2. The van der Waals surface area contributed by atoms with Crippen molar-refractivity contribution < 1.29 is 28.7 Å². The average Bonchev–Trinajstić information content (AvgIpc) is 1.80. The summed E-state index contributed by atoms with van der Waals surface area (Å²) < 4.78 is 18.8. The predicted octanol–water partition coefficient (Wildman–Crippen LogP) is 0.593. The van der Waals surface area contributed by atoms with Gasteiger partial charge >= 0.3 is 15.9 Å². The van der Waals surface area contributed by atoms with Gasteiger partial charge in [0.25, 0.3) is 0 Å². The van der Waals surface area contributed by atoms with E-state index in [2.05, 4.69) is 0 Å². The Balaban J connectivity index is 0. The third-order valence-electron chi connectivity index (χ3n) is 0.803. The van der Waals surface area contributed by atoms with Gasteiger partial charge in [-0.2, -0.15) is 0 Å². The van der Waals surface area contributed by atoms with Crippen LogP contribution in [0.5, 0.6) is 0 Å². The molecule has 0 radical (unpaired) electrons. The molecule has 4 N–H and O–H groups in total. The topological polar surface area (TPSA) is 115 Å². The SMILES string of the molecule is CCCCP(=O)(O)O.O=[P+](O)O. The first kappa shape index (κ1) is 14.7. The zero-order chi connectivity index (χ0) is 10.2. The summed E-state index contributed by atoms with van der Waals surface area (Å²) in [6.07, 6.45) is 1.49. The number of rotatable bonds is 3. The van der Waals surface area contributed by atoms with Gasteiger partial charge in [-0.3, -0.25) is 4.57 Å². The van der Waals surface area contributed by atoms with Crippen LogP contribution in [0.3, 0.4) is 0 Å². The molecule has 0 fully saturated rings. The summed E-state index contributed by atoms with van der Waals surface area (Å²) in [7, 11) is -6.55. The van der Waals surface area contributed by atoms with Crippen LogP contribution < -0.4 is 0 Å². The Morgan fingerprint density at radius 3 is 1.75 bits per heavy atom. The molecule has 0 unspecified atom stereocenters. The van der Waals surface area contributed by atoms with Crippen LogP contribution in [-0.4, -0.2) is 25.7 Å². The lowest BCUT2D eigenvalue weighted by Crippen LogP contribution is -1.84. The summed E-state index contributed by atoms with van der Waals surface area (Å²) >= 11 is 0. The molecule has 0 heterocycles. The molecule has 0 spiro atoms. The molecule has 0 aromatic heterocycles. The third-order valence-corrected chi connectivity index (χ3v) is 1.70. The van der Waals surface area contributed by atoms with Gasteiger partial charge in [0.05, 0.1) is 0 Å². The van der Waals surface area contributed by atoms with Gasteiger partial charge in [0, 0.05) is 10.7 Å². The Kier molecular flexibility index (Phi) is 9.54. The molecule has 0 aliphatic carbocycles. The minimum atomic E-state index is -3.68. The normalized spacial score (nSPS) is 10.1. The van der Waals surface area contributed by atoms with Crippen molar-refractivity contribution in [2.75, 3.05) is 6.16 Å². The standard InChI is InChI=1S/C4H11O3P.HO3P/c1-2-3-4-8(5,6)7;1-4(2)3/h2-4H2,1H3,(H2,5,6,7);(H-,1,2,3)/p+1. The second-order valence-corrected chi connectivity index (χ2v) is 4.28. The molecule has 0 saturated heterocycles. The maximum absolute atomic E-state index is 10.1. The first-order chi connectivity index (χ1) is 5.29. The Labute approximate surface area is 71.4 Å². The molecule has 0 amide bonds. The van der Waals surface area contributed by atoms with E-state index < -0.39 is 15.9 Å². The zero-order valence-corrected chi connectivity index (χ0v) is 8.41. The second-order valence-electron chi connectivity index (χ2n) is 1.99. The molecule has 0 bridgehead atoms. The zero-order valence-electron chi connectivity index (χ0n) is 6.62. The molecule has 8 heteroatoms. The predicted molar refractivity (Wildman–Crippen MR) is 43.9 cm³/mol. The van der Waals surface area contributed by atoms with Gasteiger partial charge in [0.1, 0.15) is 0 Å². The van der Waals surface area contributed by atoms with E-state index in [1.165, 1.54) is 0 Å². The largest absolute Gasteiger partial charge is 0.692 e. The van der Waals surface area contributed by atoms with Crippen LogP contribution in [0.1, 0.15) is 19.8 Å². The van der Waals surface area contributed by atoms with Crippen LogP contribution >= 0.6 is 15.9 Å². The Morgan fingerprint density at radius 1 is 1.33 bits per heavy atom. The summed E-state index contributed by atoms with van der Waals surface area (Å²) in [5, 5.41) is 0. The summed E-state index contributed by atoms with van der Waals surface area (Å²) in [5.74, 6) is 0. The van der Waals surface area contributed by atoms with Crippen LogP contribution in [0.4, 0.5) is 0 Å². The van der Waals surface area contributed by atoms with E-state index in [9.17, 15) is 4.57 Å². The van der Waals surface area contributed by atoms with E-state index >= 15 is 0 Å². The summed E-state index contributed by atoms with van der Waals surface area (Å²) in [6.45, 7) is 1.90. The highest BCUT2D eigenvalue weighted by Gasteiger charge is 2.09. The fourth-order valence-electron chi connectivity index (χ4n) is 0.364. The van der Waals surface area contributed by atoms with Crippen molar-refractivity contribution in [2.24, 2.45) is 0 Å². The molecular weight excluding hydrogens is 206 g/mol. The highest BCUT2D eigenvalue weighted by Crippen LogP contribution is 2.34. The minimum absolute atomic E-state index is 0.0312. The van der Waals surface area contributed by atoms with Crippen molar-refractivity contribution in [3.05, 3.63) is 0 Å². The molecule has 0 atom stereocenters. The molecule has 0 aromatic carbocycles. The molecular formula is C4H13O6P2+. The van der Waals surface area contributed by atoms with Crippen LogP contribution in [0.15, 0.2) is 0 Å². The Morgan fingerprint density at radius 2 is 1.67 bits per heavy atom. The van der Waals surface area contributed by atoms with E-state index in [0.29, 0.717) is 6.42 Å². The monoisotopic (exact) mass is 219 g/mol. The van der Waals surface area contributed by atoms with Gasteiger partial charge in [0.2, 0.25) is 0 Å². The molecule has 12 heavy (non-hydrogen) atoms. The average molecular weight is 219 g/mol. The van der Waals surface area contributed by atoms with E-state index in [4.69, 9.17) is 24.1 Å². The molecule has 6 nitrogen and oxygen atoms in total. The van der Waals surface area contributed by atoms with Crippen molar-refractivity contribution in [2.45, 2.75) is 19.8 Å². The van der Waals surface area contributed by atoms with Crippen molar-refractivity contribution in [1.82, 2.24) is 0 Å². The van der Waals surface area contributed by atoms with Crippen LogP contribution in [0.25, 0.3) is 0 Å². The van der Waals surface area contributed by atoms with Gasteiger partial charge in [-0.25, -0.2) is 0 Å². The molecule has 74 valence electrons. The van der Waals surface area contributed by atoms with Crippen molar-refractivity contribution in [3.8, 4) is 0 Å². The third kappa shape index (κ3) is 32.0. The smallest absolute Gasteiger partial charge is 0.324 e. The first-order valence-corrected chi connectivity index (χ1v) is 6.15. The minimum Gasteiger partial charge on any atom is -0.324 e. The Hall–Kier alpha value is 0.170. The number of hydrogen-bond acceptors (Lipinski definition) is 2.